The predicted octanol–water partition coefficient (Wildman–Crippen LogP) is 4.08. The molecule has 5 rings (SSSR count). The van der Waals surface area contributed by atoms with Crippen molar-refractivity contribution >= 4 is 39.7 Å². The second-order valence-electron chi connectivity index (χ2n) is 6.07. The molecule has 0 atom stereocenters. The van der Waals surface area contributed by atoms with Gasteiger partial charge in [-0.25, -0.2) is 15.0 Å². The summed E-state index contributed by atoms with van der Waals surface area (Å²) in [6, 6.07) is 6.29. The molecule has 1 aliphatic rings. The Balaban J connectivity index is 1.50. The molecule has 0 aromatic carbocycles. The Bertz CT molecular complexity index is 1050. The fraction of sp³-hybridized carbons (Fsp3) is 0.222. The van der Waals surface area contributed by atoms with Crippen molar-refractivity contribution in [3.8, 4) is 9.88 Å². The van der Waals surface area contributed by atoms with Crippen LogP contribution in [0.3, 0.4) is 0 Å². The second kappa shape index (κ2) is 5.86. The highest BCUT2D eigenvalue weighted by Gasteiger charge is 2.23. The lowest BCUT2D eigenvalue weighted by Crippen LogP contribution is -2.31. The Kier molecular flexibility index (Phi) is 3.50. The quantitative estimate of drug-likeness (QED) is 0.536. The summed E-state index contributed by atoms with van der Waals surface area (Å²) >= 11 is 3.55. The maximum absolute atomic E-state index is 4.85. The molecule has 0 N–H and O–H groups in total. The first-order valence-corrected chi connectivity index (χ1v) is 9.83. The number of anilines is 1. The highest BCUT2D eigenvalue weighted by molar-refractivity contribution is 7.21. The van der Waals surface area contributed by atoms with Gasteiger partial charge in [0.2, 0.25) is 0 Å². The SMILES string of the molecule is Cc1cc2nccnc2nc1N1CCc2nc(-c3cccs3)sc2C1. The van der Waals surface area contributed by atoms with Gasteiger partial charge in [0.25, 0.3) is 0 Å². The van der Waals surface area contributed by atoms with Crippen molar-refractivity contribution in [3.63, 3.8) is 0 Å². The van der Waals surface area contributed by atoms with E-state index in [4.69, 9.17) is 9.97 Å². The molecule has 124 valence electrons. The summed E-state index contributed by atoms with van der Waals surface area (Å²) in [6.07, 6.45) is 4.36. The van der Waals surface area contributed by atoms with Gasteiger partial charge in [-0.1, -0.05) is 6.07 Å². The lowest BCUT2D eigenvalue weighted by atomic mass is 10.1. The zero-order chi connectivity index (χ0) is 16.8. The number of hydrogen-bond acceptors (Lipinski definition) is 7. The first kappa shape index (κ1) is 14.9. The van der Waals surface area contributed by atoms with Crippen LogP contribution in [0, 0.1) is 6.92 Å². The molecule has 1 aliphatic heterocycles. The van der Waals surface area contributed by atoms with E-state index in [2.05, 4.69) is 45.4 Å². The van der Waals surface area contributed by atoms with E-state index in [9.17, 15) is 0 Å². The van der Waals surface area contributed by atoms with Gasteiger partial charge in [-0.05, 0) is 30.0 Å². The number of fused-ring (bicyclic) bond motifs is 2. The molecule has 0 fully saturated rings. The maximum Gasteiger partial charge on any atom is 0.180 e. The zero-order valence-electron chi connectivity index (χ0n) is 13.6. The van der Waals surface area contributed by atoms with Gasteiger partial charge in [-0.15, -0.1) is 22.7 Å². The standard InChI is InChI=1S/C18H15N5S2/c1-11-9-13-16(20-6-5-19-13)22-17(11)23-7-4-12-15(10-23)25-18(21-12)14-3-2-8-24-14/h2-3,5-6,8-9H,4,7,10H2,1H3. The predicted molar refractivity (Wildman–Crippen MR) is 102 cm³/mol. The molecule has 25 heavy (non-hydrogen) atoms. The van der Waals surface area contributed by atoms with E-state index < -0.39 is 0 Å². The molecule has 0 saturated carbocycles. The summed E-state index contributed by atoms with van der Waals surface area (Å²) in [5, 5.41) is 3.24. The van der Waals surface area contributed by atoms with E-state index >= 15 is 0 Å². The molecular formula is C18H15N5S2. The minimum absolute atomic E-state index is 0.706. The van der Waals surface area contributed by atoms with E-state index in [-0.39, 0.29) is 0 Å². The van der Waals surface area contributed by atoms with E-state index in [1.165, 1.54) is 15.4 Å². The van der Waals surface area contributed by atoms with E-state index in [0.29, 0.717) is 5.65 Å². The Morgan fingerprint density at radius 2 is 2.08 bits per heavy atom. The Morgan fingerprint density at radius 1 is 1.16 bits per heavy atom. The minimum atomic E-state index is 0.706. The average molecular weight is 365 g/mol. The molecule has 0 amide bonds. The van der Waals surface area contributed by atoms with Gasteiger partial charge in [0.05, 0.1) is 17.1 Å². The molecular weight excluding hydrogens is 350 g/mol. The van der Waals surface area contributed by atoms with Crippen molar-refractivity contribution in [2.45, 2.75) is 19.9 Å². The largest absolute Gasteiger partial charge is 0.351 e. The van der Waals surface area contributed by atoms with Crippen LogP contribution >= 0.6 is 22.7 Å². The summed E-state index contributed by atoms with van der Waals surface area (Å²) in [5.74, 6) is 1.00. The molecule has 0 bridgehead atoms. The van der Waals surface area contributed by atoms with Gasteiger partial charge in [-0.3, -0.25) is 4.98 Å². The molecule has 5 nitrogen and oxygen atoms in total. The van der Waals surface area contributed by atoms with Crippen LogP contribution in [0.5, 0.6) is 0 Å². The summed E-state index contributed by atoms with van der Waals surface area (Å²) in [4.78, 5) is 23.2. The van der Waals surface area contributed by atoms with Crippen LogP contribution in [0.2, 0.25) is 0 Å². The monoisotopic (exact) mass is 365 g/mol. The van der Waals surface area contributed by atoms with Gasteiger partial charge in [0, 0.05) is 30.2 Å². The van der Waals surface area contributed by atoms with Crippen LogP contribution in [0.25, 0.3) is 21.0 Å². The first-order valence-electron chi connectivity index (χ1n) is 8.14. The van der Waals surface area contributed by atoms with E-state index in [1.807, 2.05) is 0 Å². The molecule has 0 radical (unpaired) electrons. The van der Waals surface area contributed by atoms with Crippen LogP contribution in [0.4, 0.5) is 5.82 Å². The Hall–Kier alpha value is -2.38. The number of aryl methyl sites for hydroxylation is 1. The molecule has 7 heteroatoms. The van der Waals surface area contributed by atoms with Crippen LogP contribution in [-0.2, 0) is 13.0 Å². The van der Waals surface area contributed by atoms with Gasteiger partial charge in [-0.2, -0.15) is 0 Å². The number of rotatable bonds is 2. The first-order chi connectivity index (χ1) is 12.3. The number of thiazole rings is 1. The number of nitrogens with zero attached hydrogens (tertiary/aromatic N) is 5. The lowest BCUT2D eigenvalue weighted by molar-refractivity contribution is 0.717. The van der Waals surface area contributed by atoms with Crippen LogP contribution < -0.4 is 4.90 Å². The summed E-state index contributed by atoms with van der Waals surface area (Å²) in [6.45, 7) is 3.88. The van der Waals surface area contributed by atoms with Crippen molar-refractivity contribution in [1.82, 2.24) is 19.9 Å². The number of pyridine rings is 1. The van der Waals surface area contributed by atoms with Gasteiger partial charge in [0.1, 0.15) is 16.3 Å². The fourth-order valence-electron chi connectivity index (χ4n) is 3.19. The van der Waals surface area contributed by atoms with Crippen LogP contribution in [0.1, 0.15) is 16.1 Å². The van der Waals surface area contributed by atoms with Gasteiger partial charge < -0.3 is 4.90 Å². The smallest absolute Gasteiger partial charge is 0.180 e. The zero-order valence-corrected chi connectivity index (χ0v) is 15.3. The van der Waals surface area contributed by atoms with E-state index in [0.717, 1.165) is 41.4 Å². The summed E-state index contributed by atoms with van der Waals surface area (Å²) in [7, 11) is 0. The summed E-state index contributed by atoms with van der Waals surface area (Å²) in [5.41, 5.74) is 3.93. The second-order valence-corrected chi connectivity index (χ2v) is 8.10. The number of hydrogen-bond donors (Lipinski definition) is 0. The Labute approximate surface area is 153 Å². The van der Waals surface area contributed by atoms with Crippen molar-refractivity contribution in [1.29, 1.82) is 0 Å². The molecule has 0 spiro atoms. The number of aromatic nitrogens is 4. The van der Waals surface area contributed by atoms with Crippen LogP contribution in [0.15, 0.2) is 36.0 Å². The third-order valence-electron chi connectivity index (χ3n) is 4.39. The van der Waals surface area contributed by atoms with Gasteiger partial charge in [0.15, 0.2) is 5.65 Å². The van der Waals surface area contributed by atoms with Crippen molar-refractivity contribution in [2.75, 3.05) is 11.4 Å². The topological polar surface area (TPSA) is 54.8 Å². The third-order valence-corrected chi connectivity index (χ3v) is 6.51. The average Bonchev–Trinajstić information content (AvgIpc) is 3.29. The molecule has 0 saturated heterocycles. The minimum Gasteiger partial charge on any atom is -0.351 e. The summed E-state index contributed by atoms with van der Waals surface area (Å²) < 4.78 is 0. The third kappa shape index (κ3) is 2.60. The highest BCUT2D eigenvalue weighted by atomic mass is 32.1. The molecule has 4 aromatic rings. The highest BCUT2D eigenvalue weighted by Crippen LogP contribution is 2.35. The molecule has 4 aromatic heterocycles. The molecule has 5 heterocycles. The van der Waals surface area contributed by atoms with Crippen molar-refractivity contribution in [2.24, 2.45) is 0 Å². The van der Waals surface area contributed by atoms with Crippen molar-refractivity contribution in [3.05, 3.63) is 52.1 Å². The molecule has 0 unspecified atom stereocenters. The normalized spacial score (nSPS) is 14.0. The fourth-order valence-corrected chi connectivity index (χ4v) is 5.11. The van der Waals surface area contributed by atoms with Crippen molar-refractivity contribution < 1.29 is 0 Å². The molecule has 0 aliphatic carbocycles. The van der Waals surface area contributed by atoms with Gasteiger partial charge >= 0.3 is 0 Å². The van der Waals surface area contributed by atoms with Crippen LogP contribution in [-0.4, -0.2) is 26.5 Å². The Morgan fingerprint density at radius 3 is 2.96 bits per heavy atom. The lowest BCUT2D eigenvalue weighted by Gasteiger charge is -2.28. The van der Waals surface area contributed by atoms with E-state index in [1.54, 1.807) is 35.1 Å². The number of thiophene rings is 1. The maximum atomic E-state index is 4.85.